The third-order valence-corrected chi connectivity index (χ3v) is 3.85. The van der Waals surface area contributed by atoms with Gasteiger partial charge in [0.25, 0.3) is 0 Å². The molecule has 0 N–H and O–H groups in total. The second kappa shape index (κ2) is 4.30. The van der Waals surface area contributed by atoms with Gasteiger partial charge in [-0.15, -0.1) is 11.3 Å². The molecule has 3 nitrogen and oxygen atoms in total. The first-order valence-electron chi connectivity index (χ1n) is 5.65. The van der Waals surface area contributed by atoms with Gasteiger partial charge in [-0.25, -0.2) is 4.98 Å². The Morgan fingerprint density at radius 2 is 2.18 bits per heavy atom. The van der Waals surface area contributed by atoms with Crippen molar-refractivity contribution in [1.82, 2.24) is 9.88 Å². The van der Waals surface area contributed by atoms with Crippen molar-refractivity contribution in [2.24, 2.45) is 0 Å². The molecule has 1 aromatic heterocycles. The zero-order valence-corrected chi connectivity index (χ0v) is 10.1. The first-order valence-corrected chi connectivity index (χ1v) is 6.47. The molecule has 3 rings (SSSR count). The van der Waals surface area contributed by atoms with Crippen LogP contribution in [0, 0.1) is 0 Å². The Hall–Kier alpha value is -1.68. The zero-order valence-electron chi connectivity index (χ0n) is 9.30. The monoisotopic (exact) mass is 244 g/mol. The Bertz CT molecular complexity index is 551. The molecule has 1 aliphatic rings. The number of benzene rings is 1. The molecule has 17 heavy (non-hydrogen) atoms. The number of hydrogen-bond acceptors (Lipinski definition) is 3. The number of nitrogens with zero attached hydrogens (tertiary/aromatic N) is 2. The van der Waals surface area contributed by atoms with Gasteiger partial charge in [-0.1, -0.05) is 12.1 Å². The molecular formula is C13H12N2OS. The second-order valence-electron chi connectivity index (χ2n) is 4.03. The maximum absolute atomic E-state index is 11.6. The number of aromatic nitrogens is 1. The Balaban J connectivity index is 1.79. The normalized spacial score (nSPS) is 15.4. The third-order valence-electron chi connectivity index (χ3n) is 2.85. The summed E-state index contributed by atoms with van der Waals surface area (Å²) in [6, 6.07) is 8.00. The summed E-state index contributed by atoms with van der Waals surface area (Å²) in [7, 11) is 0. The van der Waals surface area contributed by atoms with Gasteiger partial charge in [0.2, 0.25) is 5.91 Å². The van der Waals surface area contributed by atoms with E-state index in [0.29, 0.717) is 0 Å². The van der Waals surface area contributed by atoms with Crippen molar-refractivity contribution in [3.8, 4) is 0 Å². The second-order valence-corrected chi connectivity index (χ2v) is 5.09. The van der Waals surface area contributed by atoms with Crippen molar-refractivity contribution in [1.29, 1.82) is 0 Å². The SMILES string of the molecule is O=C(/C=C/c1nc2ccccc2s1)N1CCC1. The van der Waals surface area contributed by atoms with Gasteiger partial charge in [0.05, 0.1) is 10.2 Å². The van der Waals surface area contributed by atoms with E-state index in [-0.39, 0.29) is 5.91 Å². The first-order chi connectivity index (χ1) is 8.33. The molecule has 2 heterocycles. The number of fused-ring (bicyclic) bond motifs is 1. The van der Waals surface area contributed by atoms with Crippen LogP contribution in [0.15, 0.2) is 30.3 Å². The highest BCUT2D eigenvalue weighted by Gasteiger charge is 2.17. The fourth-order valence-corrected chi connectivity index (χ4v) is 2.62. The minimum Gasteiger partial charge on any atom is -0.339 e. The molecule has 0 atom stereocenters. The van der Waals surface area contributed by atoms with E-state index in [2.05, 4.69) is 4.98 Å². The molecule has 0 aliphatic carbocycles. The fraction of sp³-hybridized carbons (Fsp3) is 0.231. The summed E-state index contributed by atoms with van der Waals surface area (Å²) in [5, 5.41) is 0.889. The van der Waals surface area contributed by atoms with Crippen LogP contribution in [0.25, 0.3) is 16.3 Å². The van der Waals surface area contributed by atoms with Crippen LogP contribution in [0.5, 0.6) is 0 Å². The van der Waals surface area contributed by atoms with Crippen LogP contribution < -0.4 is 0 Å². The minimum atomic E-state index is 0.0931. The lowest BCUT2D eigenvalue weighted by Crippen LogP contribution is -2.40. The Kier molecular flexibility index (Phi) is 2.65. The van der Waals surface area contributed by atoms with Gasteiger partial charge in [-0.05, 0) is 24.6 Å². The quantitative estimate of drug-likeness (QED) is 0.761. The number of carbonyl (C=O) groups excluding carboxylic acids is 1. The summed E-state index contributed by atoms with van der Waals surface area (Å²) in [6.45, 7) is 1.78. The van der Waals surface area contributed by atoms with Crippen LogP contribution in [0.4, 0.5) is 0 Å². The largest absolute Gasteiger partial charge is 0.339 e. The summed E-state index contributed by atoms with van der Waals surface area (Å²) in [6.07, 6.45) is 4.56. The smallest absolute Gasteiger partial charge is 0.246 e. The molecule has 86 valence electrons. The highest BCUT2D eigenvalue weighted by molar-refractivity contribution is 7.19. The van der Waals surface area contributed by atoms with Crippen molar-refractivity contribution >= 4 is 33.5 Å². The van der Waals surface area contributed by atoms with Gasteiger partial charge in [-0.3, -0.25) is 4.79 Å². The van der Waals surface area contributed by atoms with Crippen molar-refractivity contribution in [3.63, 3.8) is 0 Å². The van der Waals surface area contributed by atoms with Crippen molar-refractivity contribution in [2.75, 3.05) is 13.1 Å². The highest BCUT2D eigenvalue weighted by atomic mass is 32.1. The summed E-state index contributed by atoms with van der Waals surface area (Å²) < 4.78 is 1.16. The van der Waals surface area contributed by atoms with E-state index in [1.165, 1.54) is 0 Å². The van der Waals surface area contributed by atoms with Gasteiger partial charge in [-0.2, -0.15) is 0 Å². The zero-order chi connectivity index (χ0) is 11.7. The van der Waals surface area contributed by atoms with Gasteiger partial charge in [0.1, 0.15) is 5.01 Å². The van der Waals surface area contributed by atoms with Gasteiger partial charge in [0, 0.05) is 19.2 Å². The van der Waals surface area contributed by atoms with E-state index in [0.717, 1.165) is 34.7 Å². The first kappa shape index (κ1) is 10.5. The van der Waals surface area contributed by atoms with E-state index in [4.69, 9.17) is 0 Å². The average molecular weight is 244 g/mol. The molecule has 1 aromatic carbocycles. The number of rotatable bonds is 2. The lowest BCUT2D eigenvalue weighted by atomic mass is 10.2. The molecule has 0 spiro atoms. The van der Waals surface area contributed by atoms with Crippen molar-refractivity contribution in [2.45, 2.75) is 6.42 Å². The molecular weight excluding hydrogens is 232 g/mol. The summed E-state index contributed by atoms with van der Waals surface area (Å²) >= 11 is 1.61. The van der Waals surface area contributed by atoms with Gasteiger partial charge in [0.15, 0.2) is 0 Å². The predicted octanol–water partition coefficient (Wildman–Crippen LogP) is 2.54. The van der Waals surface area contributed by atoms with E-state index >= 15 is 0 Å². The molecule has 1 fully saturated rings. The van der Waals surface area contributed by atoms with Crippen LogP contribution in [0.1, 0.15) is 11.4 Å². The van der Waals surface area contributed by atoms with Crippen molar-refractivity contribution in [3.05, 3.63) is 35.3 Å². The molecule has 1 saturated heterocycles. The highest BCUT2D eigenvalue weighted by Crippen LogP contribution is 2.22. The van der Waals surface area contributed by atoms with Crippen LogP contribution in [0.2, 0.25) is 0 Å². The molecule has 4 heteroatoms. The van der Waals surface area contributed by atoms with Gasteiger partial charge < -0.3 is 4.90 Å². The summed E-state index contributed by atoms with van der Waals surface area (Å²) in [4.78, 5) is 17.9. The number of carbonyl (C=O) groups is 1. The topological polar surface area (TPSA) is 33.2 Å². The third kappa shape index (κ3) is 2.08. The van der Waals surface area contributed by atoms with E-state index in [1.54, 1.807) is 17.4 Å². The predicted molar refractivity (Wildman–Crippen MR) is 69.9 cm³/mol. The standard InChI is InChI=1S/C13H12N2OS/c16-13(15-8-3-9-15)7-6-12-14-10-4-1-2-5-11(10)17-12/h1-2,4-7H,3,8-9H2/b7-6+. The molecule has 1 amide bonds. The van der Waals surface area contributed by atoms with E-state index in [1.807, 2.05) is 35.2 Å². The lowest BCUT2D eigenvalue weighted by Gasteiger charge is -2.29. The maximum atomic E-state index is 11.6. The number of likely N-dealkylation sites (tertiary alicyclic amines) is 1. The molecule has 2 aromatic rings. The number of para-hydroxylation sites is 1. The van der Waals surface area contributed by atoms with Crippen LogP contribution in [-0.4, -0.2) is 28.9 Å². The maximum Gasteiger partial charge on any atom is 0.246 e. The van der Waals surface area contributed by atoms with Crippen molar-refractivity contribution < 1.29 is 4.79 Å². The fourth-order valence-electron chi connectivity index (χ4n) is 1.75. The molecule has 0 bridgehead atoms. The number of amides is 1. The van der Waals surface area contributed by atoms with E-state index in [9.17, 15) is 4.79 Å². The summed E-state index contributed by atoms with van der Waals surface area (Å²) in [5.41, 5.74) is 0.994. The Labute approximate surface area is 103 Å². The van der Waals surface area contributed by atoms with Crippen LogP contribution >= 0.6 is 11.3 Å². The molecule has 0 unspecified atom stereocenters. The summed E-state index contributed by atoms with van der Waals surface area (Å²) in [5.74, 6) is 0.0931. The average Bonchev–Trinajstić information content (AvgIpc) is 2.66. The lowest BCUT2D eigenvalue weighted by molar-refractivity contribution is -0.129. The molecule has 0 saturated carbocycles. The minimum absolute atomic E-state index is 0.0931. The van der Waals surface area contributed by atoms with Gasteiger partial charge >= 0.3 is 0 Å². The number of thiazole rings is 1. The van der Waals surface area contributed by atoms with Crippen LogP contribution in [-0.2, 0) is 4.79 Å². The molecule has 1 aliphatic heterocycles. The molecule has 0 radical (unpaired) electrons. The van der Waals surface area contributed by atoms with Crippen LogP contribution in [0.3, 0.4) is 0 Å². The van der Waals surface area contributed by atoms with E-state index < -0.39 is 0 Å². The Morgan fingerprint density at radius 1 is 1.35 bits per heavy atom. The number of hydrogen-bond donors (Lipinski definition) is 0. The Morgan fingerprint density at radius 3 is 2.88 bits per heavy atom.